The first-order chi connectivity index (χ1) is 12.7. The van der Waals surface area contributed by atoms with Gasteiger partial charge in [-0.3, -0.25) is 14.3 Å². The van der Waals surface area contributed by atoms with Crippen molar-refractivity contribution < 1.29 is 13.9 Å². The summed E-state index contributed by atoms with van der Waals surface area (Å²) < 4.78 is 20.3. The molecule has 1 amide bonds. The quantitative estimate of drug-likeness (QED) is 0.591. The zero-order valence-corrected chi connectivity index (χ0v) is 15.6. The lowest BCUT2D eigenvalue weighted by Crippen LogP contribution is -2.38. The number of hydrogen-bond donors (Lipinski definition) is 1. The molecule has 26 heavy (non-hydrogen) atoms. The van der Waals surface area contributed by atoms with Crippen LogP contribution < -0.4 is 5.32 Å². The van der Waals surface area contributed by atoms with Crippen molar-refractivity contribution in [2.45, 2.75) is 11.6 Å². The Morgan fingerprint density at radius 2 is 2.04 bits per heavy atom. The molecule has 0 unspecified atom stereocenters. The monoisotopic (exact) mass is 378 g/mol. The number of nitrogens with one attached hydrogen (secondary N) is 1. The zero-order valence-electron chi connectivity index (χ0n) is 14.8. The third-order valence-electron chi connectivity index (χ3n) is 4.27. The molecule has 1 aliphatic heterocycles. The Hall–Kier alpha value is -1.90. The molecule has 1 aromatic heterocycles. The van der Waals surface area contributed by atoms with Crippen LogP contribution >= 0.6 is 11.8 Å². The van der Waals surface area contributed by atoms with Crippen molar-refractivity contribution in [1.82, 2.24) is 19.8 Å². The van der Waals surface area contributed by atoms with Crippen LogP contribution in [0, 0.1) is 5.82 Å². The molecule has 140 valence electrons. The maximum Gasteiger partial charge on any atom is 0.269 e. The van der Waals surface area contributed by atoms with Crippen LogP contribution in [0.4, 0.5) is 4.39 Å². The van der Waals surface area contributed by atoms with Gasteiger partial charge in [-0.1, -0.05) is 11.8 Å². The van der Waals surface area contributed by atoms with Crippen molar-refractivity contribution in [2.75, 3.05) is 45.6 Å². The summed E-state index contributed by atoms with van der Waals surface area (Å²) in [5, 5.41) is 3.65. The summed E-state index contributed by atoms with van der Waals surface area (Å²) in [4.78, 5) is 19.2. The third kappa shape index (κ3) is 4.63. The Morgan fingerprint density at radius 3 is 2.73 bits per heavy atom. The summed E-state index contributed by atoms with van der Waals surface area (Å²) in [6.07, 6.45) is 4.34. The average Bonchev–Trinajstić information content (AvgIpc) is 3.11. The highest BCUT2D eigenvalue weighted by molar-refractivity contribution is 7.98. The van der Waals surface area contributed by atoms with Gasteiger partial charge in [-0.15, -0.1) is 0 Å². The SMILES string of the molecule is CSc1ncc(C(=O)NCCCN2CCOCC2)n1-c1ccc(F)cc1. The van der Waals surface area contributed by atoms with Crippen molar-refractivity contribution in [3.8, 4) is 5.69 Å². The number of carbonyl (C=O) groups is 1. The van der Waals surface area contributed by atoms with Crippen molar-refractivity contribution in [2.24, 2.45) is 0 Å². The number of morpholine rings is 1. The second-order valence-electron chi connectivity index (χ2n) is 6.01. The summed E-state index contributed by atoms with van der Waals surface area (Å²) >= 11 is 1.44. The van der Waals surface area contributed by atoms with Gasteiger partial charge in [0.1, 0.15) is 11.5 Å². The van der Waals surface area contributed by atoms with Crippen LogP contribution in [0.25, 0.3) is 5.69 Å². The molecule has 1 aliphatic rings. The minimum Gasteiger partial charge on any atom is -0.379 e. The molecular weight excluding hydrogens is 355 g/mol. The minimum atomic E-state index is -0.311. The van der Waals surface area contributed by atoms with Gasteiger partial charge in [-0.2, -0.15) is 0 Å². The largest absolute Gasteiger partial charge is 0.379 e. The van der Waals surface area contributed by atoms with Crippen LogP contribution in [0.1, 0.15) is 16.9 Å². The number of ether oxygens (including phenoxy) is 1. The topological polar surface area (TPSA) is 59.4 Å². The molecule has 6 nitrogen and oxygen atoms in total. The van der Waals surface area contributed by atoms with E-state index in [1.54, 1.807) is 22.9 Å². The van der Waals surface area contributed by atoms with E-state index in [0.29, 0.717) is 23.1 Å². The van der Waals surface area contributed by atoms with Crippen LogP contribution in [0.2, 0.25) is 0 Å². The molecule has 2 aromatic rings. The second-order valence-corrected chi connectivity index (χ2v) is 6.78. The number of aromatic nitrogens is 2. The Balaban J connectivity index is 1.62. The number of carbonyl (C=O) groups excluding carboxylic acids is 1. The molecule has 1 aromatic carbocycles. The highest BCUT2D eigenvalue weighted by Gasteiger charge is 2.17. The summed E-state index contributed by atoms with van der Waals surface area (Å²) in [6.45, 7) is 4.99. The fraction of sp³-hybridized carbons (Fsp3) is 0.444. The van der Waals surface area contributed by atoms with Crippen molar-refractivity contribution in [3.63, 3.8) is 0 Å². The highest BCUT2D eigenvalue weighted by atomic mass is 32.2. The van der Waals surface area contributed by atoms with Crippen LogP contribution in [0.5, 0.6) is 0 Å². The predicted octanol–water partition coefficient (Wildman–Crippen LogP) is 2.19. The number of thioether (sulfide) groups is 1. The van der Waals surface area contributed by atoms with Gasteiger partial charge in [0.15, 0.2) is 5.16 Å². The van der Waals surface area contributed by atoms with Gasteiger partial charge in [-0.25, -0.2) is 9.37 Å². The van der Waals surface area contributed by atoms with E-state index in [0.717, 1.165) is 39.3 Å². The molecule has 2 heterocycles. The molecule has 3 rings (SSSR count). The highest BCUT2D eigenvalue weighted by Crippen LogP contribution is 2.22. The van der Waals surface area contributed by atoms with E-state index in [1.807, 2.05) is 6.26 Å². The number of nitrogens with zero attached hydrogens (tertiary/aromatic N) is 3. The predicted molar refractivity (Wildman–Crippen MR) is 99.5 cm³/mol. The van der Waals surface area contributed by atoms with Gasteiger partial charge in [0.25, 0.3) is 5.91 Å². The van der Waals surface area contributed by atoms with E-state index in [4.69, 9.17) is 4.74 Å². The van der Waals surface area contributed by atoms with Gasteiger partial charge in [0, 0.05) is 25.3 Å². The van der Waals surface area contributed by atoms with Crippen molar-refractivity contribution in [3.05, 3.63) is 42.0 Å². The first-order valence-corrected chi connectivity index (χ1v) is 9.87. The van der Waals surface area contributed by atoms with Gasteiger partial charge in [-0.05, 0) is 43.5 Å². The smallest absolute Gasteiger partial charge is 0.269 e. The molecular formula is C18H23FN4O2S. The lowest BCUT2D eigenvalue weighted by atomic mass is 10.3. The standard InChI is InChI=1S/C18H23FN4O2S/c1-26-18-21-13-16(23(18)15-5-3-14(19)4-6-15)17(24)20-7-2-8-22-9-11-25-12-10-22/h3-6,13H,2,7-12H2,1H3,(H,20,24). The first-order valence-electron chi connectivity index (χ1n) is 8.65. The fourth-order valence-electron chi connectivity index (χ4n) is 2.90. The van der Waals surface area contributed by atoms with E-state index in [-0.39, 0.29) is 11.7 Å². The van der Waals surface area contributed by atoms with Crippen LogP contribution in [-0.2, 0) is 4.74 Å². The zero-order chi connectivity index (χ0) is 18.4. The lowest BCUT2D eigenvalue weighted by molar-refractivity contribution is 0.0374. The number of hydrogen-bond acceptors (Lipinski definition) is 5. The maximum atomic E-state index is 13.2. The van der Waals surface area contributed by atoms with Crippen LogP contribution in [0.3, 0.4) is 0 Å². The fourth-order valence-corrected chi connectivity index (χ4v) is 3.44. The van der Waals surface area contributed by atoms with Crippen LogP contribution in [0.15, 0.2) is 35.6 Å². The minimum absolute atomic E-state index is 0.177. The van der Waals surface area contributed by atoms with Crippen LogP contribution in [-0.4, -0.2) is 66.0 Å². The normalized spacial score (nSPS) is 15.2. The number of imidazole rings is 1. The van der Waals surface area contributed by atoms with Gasteiger partial charge in [0.05, 0.1) is 19.4 Å². The number of halogens is 1. The van der Waals surface area contributed by atoms with Gasteiger partial charge < -0.3 is 10.1 Å². The number of rotatable bonds is 7. The van der Waals surface area contributed by atoms with E-state index in [2.05, 4.69) is 15.2 Å². The van der Waals surface area contributed by atoms with E-state index < -0.39 is 0 Å². The molecule has 0 aliphatic carbocycles. The molecule has 1 N–H and O–H groups in total. The summed E-state index contributed by atoms with van der Waals surface area (Å²) in [5.41, 5.74) is 1.17. The van der Waals surface area contributed by atoms with Crippen molar-refractivity contribution in [1.29, 1.82) is 0 Å². The molecule has 0 atom stereocenters. The summed E-state index contributed by atoms with van der Waals surface area (Å²) in [7, 11) is 0. The van der Waals surface area contributed by atoms with E-state index in [1.165, 1.54) is 23.9 Å². The third-order valence-corrected chi connectivity index (χ3v) is 4.92. The van der Waals surface area contributed by atoms with Gasteiger partial charge in [0.2, 0.25) is 0 Å². The molecule has 0 spiro atoms. The maximum absolute atomic E-state index is 13.2. The molecule has 0 saturated carbocycles. The molecule has 1 fully saturated rings. The molecule has 0 bridgehead atoms. The van der Waals surface area contributed by atoms with Gasteiger partial charge >= 0.3 is 0 Å². The molecule has 0 radical (unpaired) electrons. The summed E-state index contributed by atoms with van der Waals surface area (Å²) in [5.74, 6) is -0.488. The molecule has 1 saturated heterocycles. The number of amides is 1. The van der Waals surface area contributed by atoms with E-state index in [9.17, 15) is 9.18 Å². The second kappa shape index (κ2) is 9.16. The number of benzene rings is 1. The lowest BCUT2D eigenvalue weighted by Gasteiger charge is -2.26. The first kappa shape index (κ1) is 18.9. The Labute approximate surface area is 156 Å². The Bertz CT molecular complexity index is 729. The average molecular weight is 378 g/mol. The Kier molecular flexibility index (Phi) is 6.65. The molecule has 8 heteroatoms. The Morgan fingerprint density at radius 1 is 1.31 bits per heavy atom. The van der Waals surface area contributed by atoms with Crippen molar-refractivity contribution >= 4 is 17.7 Å². The van der Waals surface area contributed by atoms with E-state index >= 15 is 0 Å². The summed E-state index contributed by atoms with van der Waals surface area (Å²) in [6, 6.07) is 6.05.